The van der Waals surface area contributed by atoms with Gasteiger partial charge in [0.15, 0.2) is 0 Å². The van der Waals surface area contributed by atoms with E-state index in [0.29, 0.717) is 18.9 Å². The van der Waals surface area contributed by atoms with Crippen LogP contribution < -0.4 is 5.73 Å². The summed E-state index contributed by atoms with van der Waals surface area (Å²) in [5.74, 6) is 0.674. The first-order chi connectivity index (χ1) is 9.27. The summed E-state index contributed by atoms with van der Waals surface area (Å²) in [5.41, 5.74) is 8.76. The molecule has 3 heteroatoms. The standard InChI is InChI=1S/C17H26N2O/c1-12-6-5-7-13(8-12)15(18)11-19-10-14(9-16(19)20)17(2,3)4/h5-8,14-15H,9-11,18H2,1-4H3. The van der Waals surface area contributed by atoms with Crippen LogP contribution in [0.4, 0.5) is 0 Å². The number of nitrogens with two attached hydrogens (primary N) is 1. The topological polar surface area (TPSA) is 46.3 Å². The maximum Gasteiger partial charge on any atom is 0.223 e. The maximum atomic E-state index is 12.1. The second-order valence-electron chi connectivity index (χ2n) is 7.09. The van der Waals surface area contributed by atoms with Gasteiger partial charge in [0, 0.05) is 25.6 Å². The summed E-state index contributed by atoms with van der Waals surface area (Å²) >= 11 is 0. The monoisotopic (exact) mass is 274 g/mol. The van der Waals surface area contributed by atoms with Gasteiger partial charge in [-0.1, -0.05) is 50.6 Å². The fourth-order valence-electron chi connectivity index (χ4n) is 2.77. The Labute approximate surface area is 122 Å². The Hall–Kier alpha value is -1.35. The van der Waals surface area contributed by atoms with E-state index in [2.05, 4.69) is 39.8 Å². The Balaban J connectivity index is 2.02. The van der Waals surface area contributed by atoms with Crippen LogP contribution in [0.25, 0.3) is 0 Å². The van der Waals surface area contributed by atoms with Crippen molar-refractivity contribution in [2.24, 2.45) is 17.1 Å². The van der Waals surface area contributed by atoms with Crippen LogP contribution in [0.1, 0.15) is 44.4 Å². The molecule has 2 atom stereocenters. The third-order valence-electron chi connectivity index (χ3n) is 4.33. The molecule has 1 fully saturated rings. The van der Waals surface area contributed by atoms with E-state index in [0.717, 1.165) is 12.1 Å². The Morgan fingerprint density at radius 2 is 2.10 bits per heavy atom. The van der Waals surface area contributed by atoms with Gasteiger partial charge in [-0.3, -0.25) is 4.79 Å². The number of nitrogens with zero attached hydrogens (tertiary/aromatic N) is 1. The smallest absolute Gasteiger partial charge is 0.223 e. The van der Waals surface area contributed by atoms with Gasteiger partial charge in [0.05, 0.1) is 0 Å². The summed E-state index contributed by atoms with van der Waals surface area (Å²) in [4.78, 5) is 14.1. The molecule has 1 saturated heterocycles. The highest BCUT2D eigenvalue weighted by molar-refractivity contribution is 5.78. The molecule has 2 unspecified atom stereocenters. The highest BCUT2D eigenvalue weighted by Crippen LogP contribution is 2.34. The van der Waals surface area contributed by atoms with Crippen LogP contribution in [0.3, 0.4) is 0 Å². The zero-order valence-electron chi connectivity index (χ0n) is 13.0. The number of hydrogen-bond acceptors (Lipinski definition) is 2. The minimum absolute atomic E-state index is 0.0995. The normalized spacial score (nSPS) is 21.4. The minimum Gasteiger partial charge on any atom is -0.340 e. The number of carbonyl (C=O) groups excluding carboxylic acids is 1. The second-order valence-corrected chi connectivity index (χ2v) is 7.09. The molecule has 1 amide bonds. The fraction of sp³-hybridized carbons (Fsp3) is 0.588. The molecule has 2 rings (SSSR count). The Morgan fingerprint density at radius 1 is 1.40 bits per heavy atom. The molecule has 0 spiro atoms. The van der Waals surface area contributed by atoms with Gasteiger partial charge in [-0.15, -0.1) is 0 Å². The quantitative estimate of drug-likeness (QED) is 0.921. The van der Waals surface area contributed by atoms with Crippen molar-refractivity contribution in [1.29, 1.82) is 0 Å². The molecule has 1 aromatic carbocycles. The van der Waals surface area contributed by atoms with E-state index < -0.39 is 0 Å². The largest absolute Gasteiger partial charge is 0.340 e. The molecule has 20 heavy (non-hydrogen) atoms. The number of likely N-dealkylation sites (tertiary alicyclic amines) is 1. The Kier molecular flexibility index (Phi) is 4.19. The number of amides is 1. The Bertz CT molecular complexity index is 490. The van der Waals surface area contributed by atoms with Crippen molar-refractivity contribution in [3.63, 3.8) is 0 Å². The van der Waals surface area contributed by atoms with Gasteiger partial charge < -0.3 is 10.6 Å². The van der Waals surface area contributed by atoms with Crippen LogP contribution >= 0.6 is 0 Å². The predicted octanol–water partition coefficient (Wildman–Crippen LogP) is 2.89. The molecule has 0 radical (unpaired) electrons. The first-order valence-corrected chi connectivity index (χ1v) is 7.37. The highest BCUT2D eigenvalue weighted by Gasteiger charge is 2.37. The van der Waals surface area contributed by atoms with E-state index in [1.54, 1.807) is 0 Å². The molecule has 2 N–H and O–H groups in total. The lowest BCUT2D eigenvalue weighted by molar-refractivity contribution is -0.128. The first kappa shape index (κ1) is 15.0. The lowest BCUT2D eigenvalue weighted by Crippen LogP contribution is -2.34. The minimum atomic E-state index is -0.0995. The fourth-order valence-corrected chi connectivity index (χ4v) is 2.77. The molecule has 1 aliphatic rings. The molecule has 110 valence electrons. The average molecular weight is 274 g/mol. The van der Waals surface area contributed by atoms with E-state index in [9.17, 15) is 4.79 Å². The van der Waals surface area contributed by atoms with Gasteiger partial charge in [-0.05, 0) is 23.8 Å². The highest BCUT2D eigenvalue weighted by atomic mass is 16.2. The van der Waals surface area contributed by atoms with E-state index in [1.807, 2.05) is 17.0 Å². The number of hydrogen-bond donors (Lipinski definition) is 1. The van der Waals surface area contributed by atoms with Gasteiger partial charge >= 0.3 is 0 Å². The molecular formula is C17H26N2O. The SMILES string of the molecule is Cc1cccc(C(N)CN2CC(C(C)(C)C)CC2=O)c1. The van der Waals surface area contributed by atoms with Crippen LogP contribution in [0.2, 0.25) is 0 Å². The maximum absolute atomic E-state index is 12.1. The van der Waals surface area contributed by atoms with Crippen molar-refractivity contribution in [2.45, 2.75) is 40.2 Å². The van der Waals surface area contributed by atoms with Crippen molar-refractivity contribution in [2.75, 3.05) is 13.1 Å². The third kappa shape index (κ3) is 3.40. The molecule has 0 aromatic heterocycles. The van der Waals surface area contributed by atoms with Gasteiger partial charge in [0.2, 0.25) is 5.91 Å². The summed E-state index contributed by atoms with van der Waals surface area (Å²) in [7, 11) is 0. The summed E-state index contributed by atoms with van der Waals surface area (Å²) in [6, 6.07) is 8.13. The third-order valence-corrected chi connectivity index (χ3v) is 4.33. The van der Waals surface area contributed by atoms with E-state index >= 15 is 0 Å². The van der Waals surface area contributed by atoms with E-state index in [-0.39, 0.29) is 17.4 Å². The number of rotatable bonds is 3. The van der Waals surface area contributed by atoms with Crippen LogP contribution in [-0.2, 0) is 4.79 Å². The number of carbonyl (C=O) groups is 1. The summed E-state index contributed by atoms with van der Waals surface area (Å²) in [5, 5.41) is 0. The van der Waals surface area contributed by atoms with Crippen molar-refractivity contribution in [3.05, 3.63) is 35.4 Å². The zero-order chi connectivity index (χ0) is 14.9. The molecule has 0 aliphatic carbocycles. The van der Waals surface area contributed by atoms with Crippen LogP contribution in [0.5, 0.6) is 0 Å². The summed E-state index contributed by atoms with van der Waals surface area (Å²) < 4.78 is 0. The van der Waals surface area contributed by atoms with Crippen molar-refractivity contribution in [3.8, 4) is 0 Å². The van der Waals surface area contributed by atoms with Gasteiger partial charge in [0.25, 0.3) is 0 Å². The lowest BCUT2D eigenvalue weighted by atomic mass is 9.80. The molecule has 1 aromatic rings. The number of benzene rings is 1. The Morgan fingerprint density at radius 3 is 2.65 bits per heavy atom. The van der Waals surface area contributed by atoms with Gasteiger partial charge in [-0.25, -0.2) is 0 Å². The second kappa shape index (κ2) is 5.57. The molecule has 0 saturated carbocycles. The molecule has 3 nitrogen and oxygen atoms in total. The summed E-state index contributed by atoms with van der Waals surface area (Å²) in [6.07, 6.45) is 0.657. The zero-order valence-corrected chi connectivity index (χ0v) is 13.0. The average Bonchev–Trinajstić information content (AvgIpc) is 2.71. The van der Waals surface area contributed by atoms with Crippen molar-refractivity contribution in [1.82, 2.24) is 4.90 Å². The molecule has 0 bridgehead atoms. The van der Waals surface area contributed by atoms with Crippen LogP contribution in [-0.4, -0.2) is 23.9 Å². The molecule has 1 heterocycles. The number of aryl methyl sites for hydroxylation is 1. The van der Waals surface area contributed by atoms with E-state index in [1.165, 1.54) is 5.56 Å². The molecule has 1 aliphatic heterocycles. The van der Waals surface area contributed by atoms with Crippen LogP contribution in [0, 0.1) is 18.3 Å². The van der Waals surface area contributed by atoms with Crippen molar-refractivity contribution < 1.29 is 4.79 Å². The van der Waals surface area contributed by atoms with E-state index in [4.69, 9.17) is 5.73 Å². The van der Waals surface area contributed by atoms with Gasteiger partial charge in [-0.2, -0.15) is 0 Å². The predicted molar refractivity (Wildman–Crippen MR) is 82.2 cm³/mol. The lowest BCUT2D eigenvalue weighted by Gasteiger charge is -2.27. The van der Waals surface area contributed by atoms with Crippen molar-refractivity contribution >= 4 is 5.91 Å². The van der Waals surface area contributed by atoms with Gasteiger partial charge in [0.1, 0.15) is 0 Å². The van der Waals surface area contributed by atoms with Crippen LogP contribution in [0.15, 0.2) is 24.3 Å². The first-order valence-electron chi connectivity index (χ1n) is 7.37. The summed E-state index contributed by atoms with van der Waals surface area (Å²) in [6.45, 7) is 10.1. The molecular weight excluding hydrogens is 248 g/mol.